The van der Waals surface area contributed by atoms with Crippen LogP contribution in [-0.4, -0.2) is 46.1 Å². The van der Waals surface area contributed by atoms with E-state index in [2.05, 4.69) is 10.3 Å². The SMILES string of the molecule is CN(C)C(=O)c1ccc(NC(=O)CSc2nc3ccccc3c(=O)n2-c2ccccc2)cc1. The van der Waals surface area contributed by atoms with E-state index in [4.69, 9.17) is 0 Å². The number of hydrogen-bond donors (Lipinski definition) is 1. The van der Waals surface area contributed by atoms with Crippen LogP contribution in [0.4, 0.5) is 5.69 Å². The zero-order valence-electron chi connectivity index (χ0n) is 18.2. The summed E-state index contributed by atoms with van der Waals surface area (Å²) in [6, 6.07) is 23.1. The lowest BCUT2D eigenvalue weighted by Gasteiger charge is -2.13. The van der Waals surface area contributed by atoms with E-state index in [1.807, 2.05) is 36.4 Å². The van der Waals surface area contributed by atoms with Gasteiger partial charge in [0.15, 0.2) is 5.16 Å². The van der Waals surface area contributed by atoms with Gasteiger partial charge in [0.2, 0.25) is 5.91 Å². The minimum absolute atomic E-state index is 0.0655. The summed E-state index contributed by atoms with van der Waals surface area (Å²) >= 11 is 1.19. The summed E-state index contributed by atoms with van der Waals surface area (Å²) in [7, 11) is 3.37. The number of carbonyl (C=O) groups excluding carboxylic acids is 2. The van der Waals surface area contributed by atoms with Crippen molar-refractivity contribution in [1.82, 2.24) is 14.5 Å². The highest BCUT2D eigenvalue weighted by Gasteiger charge is 2.15. The zero-order valence-corrected chi connectivity index (χ0v) is 19.0. The van der Waals surface area contributed by atoms with E-state index in [9.17, 15) is 14.4 Å². The van der Waals surface area contributed by atoms with E-state index in [1.165, 1.54) is 21.2 Å². The molecule has 0 aliphatic heterocycles. The van der Waals surface area contributed by atoms with Gasteiger partial charge in [0.05, 0.1) is 22.3 Å². The minimum atomic E-state index is -0.242. The molecule has 1 heterocycles. The first-order valence-corrected chi connectivity index (χ1v) is 11.2. The van der Waals surface area contributed by atoms with Gasteiger partial charge in [-0.3, -0.25) is 19.0 Å². The Morgan fingerprint density at radius 1 is 0.939 bits per heavy atom. The monoisotopic (exact) mass is 458 g/mol. The molecule has 4 rings (SSSR count). The highest BCUT2D eigenvalue weighted by Crippen LogP contribution is 2.21. The number of rotatable bonds is 6. The predicted octanol–water partition coefficient (Wildman–Crippen LogP) is 3.82. The first kappa shape index (κ1) is 22.3. The number of nitrogens with one attached hydrogen (secondary N) is 1. The van der Waals surface area contributed by atoms with E-state index in [0.29, 0.717) is 33.0 Å². The second-order valence-corrected chi connectivity index (χ2v) is 8.44. The van der Waals surface area contributed by atoms with Crippen LogP contribution in [0.2, 0.25) is 0 Å². The van der Waals surface area contributed by atoms with Crippen LogP contribution in [0.3, 0.4) is 0 Å². The lowest BCUT2D eigenvalue weighted by Crippen LogP contribution is -2.23. The fourth-order valence-corrected chi connectivity index (χ4v) is 4.11. The molecule has 0 bridgehead atoms. The first-order valence-electron chi connectivity index (χ1n) is 10.3. The maximum absolute atomic E-state index is 13.2. The molecule has 0 saturated heterocycles. The van der Waals surface area contributed by atoms with Crippen molar-refractivity contribution in [3.63, 3.8) is 0 Å². The Hall–Kier alpha value is -3.91. The lowest BCUT2D eigenvalue weighted by molar-refractivity contribution is -0.113. The van der Waals surface area contributed by atoms with Crippen molar-refractivity contribution in [2.45, 2.75) is 5.16 Å². The molecule has 3 aromatic carbocycles. The number of amides is 2. The number of fused-ring (bicyclic) bond motifs is 1. The number of hydrogen-bond acceptors (Lipinski definition) is 5. The van der Waals surface area contributed by atoms with E-state index >= 15 is 0 Å². The van der Waals surface area contributed by atoms with Crippen molar-refractivity contribution in [1.29, 1.82) is 0 Å². The van der Waals surface area contributed by atoms with Crippen LogP contribution in [0.15, 0.2) is 88.8 Å². The molecule has 8 heteroatoms. The van der Waals surface area contributed by atoms with Crippen LogP contribution in [0, 0.1) is 0 Å². The molecule has 0 aliphatic carbocycles. The smallest absolute Gasteiger partial charge is 0.266 e. The van der Waals surface area contributed by atoms with Crippen molar-refractivity contribution in [3.05, 3.63) is 94.8 Å². The number of benzene rings is 3. The average molecular weight is 459 g/mol. The molecule has 2 amide bonds. The minimum Gasteiger partial charge on any atom is -0.345 e. The highest BCUT2D eigenvalue weighted by atomic mass is 32.2. The zero-order chi connectivity index (χ0) is 23.4. The van der Waals surface area contributed by atoms with Gasteiger partial charge in [-0.05, 0) is 48.5 Å². The molecule has 0 atom stereocenters. The summed E-state index contributed by atoms with van der Waals surface area (Å²) in [6.07, 6.45) is 0. The van der Waals surface area contributed by atoms with Crippen molar-refractivity contribution < 1.29 is 9.59 Å². The molecule has 0 radical (unpaired) electrons. The third kappa shape index (κ3) is 4.96. The van der Waals surface area contributed by atoms with Gasteiger partial charge in [-0.25, -0.2) is 4.98 Å². The molecule has 0 spiro atoms. The highest BCUT2D eigenvalue weighted by molar-refractivity contribution is 7.99. The standard InChI is InChI=1S/C25H22N4O3S/c1-28(2)23(31)17-12-14-18(15-13-17)26-22(30)16-33-25-27-21-11-7-6-10-20(21)24(32)29(25)19-8-4-3-5-9-19/h3-15H,16H2,1-2H3,(H,26,30). The molecule has 0 unspecified atom stereocenters. The number of thioether (sulfide) groups is 1. The molecule has 0 saturated carbocycles. The van der Waals surface area contributed by atoms with Gasteiger partial charge < -0.3 is 10.2 Å². The Balaban J connectivity index is 1.55. The van der Waals surface area contributed by atoms with Crippen molar-refractivity contribution in [2.75, 3.05) is 25.2 Å². The molecule has 1 aromatic heterocycles. The summed E-state index contributed by atoms with van der Waals surface area (Å²) in [4.78, 5) is 43.9. The second kappa shape index (κ2) is 9.70. The van der Waals surface area contributed by atoms with E-state index in [1.54, 1.807) is 56.6 Å². The summed E-state index contributed by atoms with van der Waals surface area (Å²) in [5, 5.41) is 3.77. The van der Waals surface area contributed by atoms with Gasteiger partial charge in [-0.2, -0.15) is 0 Å². The molecular formula is C25H22N4O3S. The van der Waals surface area contributed by atoms with Crippen LogP contribution in [0.5, 0.6) is 0 Å². The van der Waals surface area contributed by atoms with E-state index in [0.717, 1.165) is 0 Å². The maximum atomic E-state index is 13.2. The number of anilines is 1. The second-order valence-electron chi connectivity index (χ2n) is 7.50. The maximum Gasteiger partial charge on any atom is 0.266 e. The van der Waals surface area contributed by atoms with Crippen LogP contribution in [-0.2, 0) is 4.79 Å². The number of nitrogens with zero attached hydrogens (tertiary/aromatic N) is 3. The van der Waals surface area contributed by atoms with Crippen LogP contribution < -0.4 is 10.9 Å². The average Bonchev–Trinajstić information content (AvgIpc) is 2.83. The van der Waals surface area contributed by atoms with Crippen LogP contribution in [0.1, 0.15) is 10.4 Å². The Labute approximate surface area is 195 Å². The Morgan fingerprint density at radius 3 is 2.30 bits per heavy atom. The van der Waals surface area contributed by atoms with Gasteiger partial charge in [0.1, 0.15) is 0 Å². The first-order chi connectivity index (χ1) is 15.9. The van der Waals surface area contributed by atoms with Gasteiger partial charge in [0, 0.05) is 25.3 Å². The topological polar surface area (TPSA) is 84.3 Å². The van der Waals surface area contributed by atoms with Crippen LogP contribution in [0.25, 0.3) is 16.6 Å². The molecule has 33 heavy (non-hydrogen) atoms. The predicted molar refractivity (Wildman–Crippen MR) is 131 cm³/mol. The number of aromatic nitrogens is 2. The molecular weight excluding hydrogens is 436 g/mol. The summed E-state index contributed by atoms with van der Waals surface area (Å²) in [6.45, 7) is 0. The summed E-state index contributed by atoms with van der Waals surface area (Å²) in [5.41, 5.74) is 2.21. The molecule has 0 fully saturated rings. The van der Waals surface area contributed by atoms with Crippen molar-refractivity contribution in [3.8, 4) is 5.69 Å². The van der Waals surface area contributed by atoms with Gasteiger partial charge >= 0.3 is 0 Å². The Bertz CT molecular complexity index is 1370. The van der Waals surface area contributed by atoms with E-state index < -0.39 is 0 Å². The quantitative estimate of drug-likeness (QED) is 0.351. The normalized spacial score (nSPS) is 10.7. The van der Waals surface area contributed by atoms with Crippen molar-refractivity contribution >= 4 is 40.2 Å². The largest absolute Gasteiger partial charge is 0.345 e. The van der Waals surface area contributed by atoms with Gasteiger partial charge in [-0.1, -0.05) is 42.1 Å². The lowest BCUT2D eigenvalue weighted by atomic mass is 10.2. The van der Waals surface area contributed by atoms with Crippen molar-refractivity contribution in [2.24, 2.45) is 0 Å². The summed E-state index contributed by atoms with van der Waals surface area (Å²) in [5.74, 6) is -0.283. The number of para-hydroxylation sites is 2. The van der Waals surface area contributed by atoms with E-state index in [-0.39, 0.29) is 23.1 Å². The molecule has 7 nitrogen and oxygen atoms in total. The van der Waals surface area contributed by atoms with Gasteiger partial charge in [0.25, 0.3) is 11.5 Å². The Morgan fingerprint density at radius 2 is 1.61 bits per heavy atom. The number of carbonyl (C=O) groups is 2. The van der Waals surface area contributed by atoms with Crippen LogP contribution >= 0.6 is 11.8 Å². The Kier molecular flexibility index (Phi) is 6.55. The fourth-order valence-electron chi connectivity index (χ4n) is 3.30. The van der Waals surface area contributed by atoms with Gasteiger partial charge in [-0.15, -0.1) is 0 Å². The third-order valence-electron chi connectivity index (χ3n) is 4.91. The molecule has 1 N–H and O–H groups in total. The summed E-state index contributed by atoms with van der Waals surface area (Å²) < 4.78 is 1.53. The molecule has 0 aliphatic rings. The molecule has 166 valence electrons. The molecule has 4 aromatic rings. The third-order valence-corrected chi connectivity index (χ3v) is 5.85. The fraction of sp³-hybridized carbons (Fsp3) is 0.120.